The molecule has 0 aliphatic rings. The number of aryl methyl sites for hydroxylation is 1. The Morgan fingerprint density at radius 2 is 2.06 bits per heavy atom. The second-order valence-electron chi connectivity index (χ2n) is 3.83. The van der Waals surface area contributed by atoms with Gasteiger partial charge in [0.15, 0.2) is 5.11 Å². The summed E-state index contributed by atoms with van der Waals surface area (Å²) in [6, 6.07) is 4.12. The van der Waals surface area contributed by atoms with Crippen LogP contribution in [0.25, 0.3) is 0 Å². The first-order chi connectivity index (χ1) is 7.40. The smallest absolute Gasteiger partial charge is 0.171 e. The molecule has 0 fully saturated rings. The molecule has 0 aromatic heterocycles. The largest absolute Gasteiger partial charge is 0.360 e. The molecule has 0 atom stereocenters. The Bertz CT molecular complexity index is 407. The molecule has 88 valence electrons. The molecule has 0 amide bonds. The highest BCUT2D eigenvalue weighted by molar-refractivity contribution is 9.10. The van der Waals surface area contributed by atoms with Crippen LogP contribution in [0.5, 0.6) is 0 Å². The van der Waals surface area contributed by atoms with Crippen molar-refractivity contribution >= 4 is 50.5 Å². The maximum atomic E-state index is 6.05. The van der Waals surface area contributed by atoms with E-state index < -0.39 is 0 Å². The van der Waals surface area contributed by atoms with E-state index in [0.29, 0.717) is 11.2 Å². The van der Waals surface area contributed by atoms with Crippen LogP contribution in [0.3, 0.4) is 0 Å². The Morgan fingerprint density at radius 3 is 2.62 bits per heavy atom. The van der Waals surface area contributed by atoms with Gasteiger partial charge in [0, 0.05) is 15.5 Å². The van der Waals surface area contributed by atoms with E-state index in [1.165, 1.54) is 0 Å². The summed E-state index contributed by atoms with van der Waals surface area (Å²) in [5, 5.41) is 7.52. The zero-order chi connectivity index (χ0) is 12.3. The summed E-state index contributed by atoms with van der Waals surface area (Å²) < 4.78 is 0.947. The van der Waals surface area contributed by atoms with Crippen molar-refractivity contribution in [1.29, 1.82) is 0 Å². The Kier molecular flexibility index (Phi) is 5.02. The van der Waals surface area contributed by atoms with Gasteiger partial charge in [0.05, 0.1) is 5.69 Å². The van der Waals surface area contributed by atoms with Gasteiger partial charge in [-0.1, -0.05) is 11.6 Å². The van der Waals surface area contributed by atoms with Gasteiger partial charge in [-0.05, 0) is 66.6 Å². The predicted molar refractivity (Wildman–Crippen MR) is 78.4 cm³/mol. The van der Waals surface area contributed by atoms with Crippen molar-refractivity contribution in [3.8, 4) is 0 Å². The maximum absolute atomic E-state index is 6.05. The third-order valence-electron chi connectivity index (χ3n) is 1.92. The van der Waals surface area contributed by atoms with Crippen LogP contribution in [0, 0.1) is 6.92 Å². The minimum atomic E-state index is 0.305. The van der Waals surface area contributed by atoms with Gasteiger partial charge >= 0.3 is 0 Å². The molecule has 0 saturated heterocycles. The molecule has 0 radical (unpaired) electrons. The number of halogens is 2. The summed E-state index contributed by atoms with van der Waals surface area (Å²) in [6.07, 6.45) is 0. The Labute approximate surface area is 115 Å². The first kappa shape index (κ1) is 13.7. The highest BCUT2D eigenvalue weighted by atomic mass is 79.9. The number of nitrogens with one attached hydrogen (secondary N) is 2. The van der Waals surface area contributed by atoms with Crippen LogP contribution in [-0.4, -0.2) is 11.2 Å². The van der Waals surface area contributed by atoms with E-state index >= 15 is 0 Å². The summed E-state index contributed by atoms with van der Waals surface area (Å²) >= 11 is 14.7. The molecule has 0 saturated carbocycles. The first-order valence-corrected chi connectivity index (χ1v) is 6.51. The fourth-order valence-corrected chi connectivity index (χ4v) is 2.23. The number of benzene rings is 1. The van der Waals surface area contributed by atoms with Crippen molar-refractivity contribution in [2.75, 3.05) is 5.32 Å². The van der Waals surface area contributed by atoms with Gasteiger partial charge in [0.25, 0.3) is 0 Å². The minimum absolute atomic E-state index is 0.305. The molecule has 1 aromatic rings. The van der Waals surface area contributed by atoms with E-state index in [0.717, 1.165) is 20.7 Å². The van der Waals surface area contributed by atoms with Crippen LogP contribution < -0.4 is 10.6 Å². The van der Waals surface area contributed by atoms with Gasteiger partial charge in [0.2, 0.25) is 0 Å². The number of hydrogen-bond donors (Lipinski definition) is 2. The number of anilines is 1. The normalized spacial score (nSPS) is 10.4. The fraction of sp³-hybridized carbons (Fsp3) is 0.364. The van der Waals surface area contributed by atoms with Gasteiger partial charge in [-0.2, -0.15) is 0 Å². The molecular formula is C11H14BrClN2S. The number of hydrogen-bond acceptors (Lipinski definition) is 1. The molecule has 0 aliphatic carbocycles. The van der Waals surface area contributed by atoms with Crippen molar-refractivity contribution in [2.24, 2.45) is 0 Å². The number of thiocarbonyl (C=S) groups is 1. The standard InChI is InChI=1S/C11H14BrClN2S/c1-6(2)14-11(16)15-10-5-9(13)7(3)4-8(10)12/h4-6H,1-3H3,(H2,14,15,16). The summed E-state index contributed by atoms with van der Waals surface area (Å²) in [5.41, 5.74) is 1.90. The summed E-state index contributed by atoms with van der Waals surface area (Å²) in [7, 11) is 0. The molecule has 0 spiro atoms. The molecule has 2 nitrogen and oxygen atoms in total. The molecule has 0 heterocycles. The maximum Gasteiger partial charge on any atom is 0.171 e. The zero-order valence-electron chi connectivity index (χ0n) is 9.40. The van der Waals surface area contributed by atoms with E-state index in [-0.39, 0.29) is 0 Å². The van der Waals surface area contributed by atoms with Crippen LogP contribution in [-0.2, 0) is 0 Å². The molecule has 0 unspecified atom stereocenters. The topological polar surface area (TPSA) is 24.1 Å². The molecule has 2 N–H and O–H groups in total. The predicted octanol–water partition coefficient (Wildman–Crippen LogP) is 4.11. The van der Waals surface area contributed by atoms with Gasteiger partial charge in [-0.25, -0.2) is 0 Å². The minimum Gasteiger partial charge on any atom is -0.360 e. The average molecular weight is 322 g/mol. The van der Waals surface area contributed by atoms with Crippen LogP contribution in [0.4, 0.5) is 5.69 Å². The lowest BCUT2D eigenvalue weighted by atomic mass is 10.2. The van der Waals surface area contributed by atoms with Gasteiger partial charge in [-0.3, -0.25) is 0 Å². The Hall–Kier alpha value is -0.320. The SMILES string of the molecule is Cc1cc(Br)c(NC(=S)NC(C)C)cc1Cl. The molecule has 0 aliphatic heterocycles. The summed E-state index contributed by atoms with van der Waals surface area (Å²) in [6.45, 7) is 6.03. The monoisotopic (exact) mass is 320 g/mol. The van der Waals surface area contributed by atoms with Crippen molar-refractivity contribution in [2.45, 2.75) is 26.8 Å². The lowest BCUT2D eigenvalue weighted by molar-refractivity contribution is 0.739. The summed E-state index contributed by atoms with van der Waals surface area (Å²) in [5.74, 6) is 0. The van der Waals surface area contributed by atoms with Crippen molar-refractivity contribution in [3.63, 3.8) is 0 Å². The molecule has 16 heavy (non-hydrogen) atoms. The average Bonchev–Trinajstić information content (AvgIpc) is 2.12. The van der Waals surface area contributed by atoms with Gasteiger partial charge in [-0.15, -0.1) is 0 Å². The fourth-order valence-electron chi connectivity index (χ4n) is 1.16. The van der Waals surface area contributed by atoms with E-state index in [4.69, 9.17) is 23.8 Å². The Balaban J connectivity index is 2.81. The van der Waals surface area contributed by atoms with Gasteiger partial charge in [0.1, 0.15) is 0 Å². The quantitative estimate of drug-likeness (QED) is 0.802. The third-order valence-corrected chi connectivity index (χ3v) is 3.20. The van der Waals surface area contributed by atoms with Crippen molar-refractivity contribution < 1.29 is 0 Å². The molecule has 0 bridgehead atoms. The third kappa shape index (κ3) is 3.92. The van der Waals surface area contributed by atoms with Crippen LogP contribution >= 0.6 is 39.7 Å². The Morgan fingerprint density at radius 1 is 1.44 bits per heavy atom. The van der Waals surface area contributed by atoms with E-state index in [1.54, 1.807) is 0 Å². The summed E-state index contributed by atoms with van der Waals surface area (Å²) in [4.78, 5) is 0. The van der Waals surface area contributed by atoms with E-state index in [1.807, 2.05) is 32.9 Å². The highest BCUT2D eigenvalue weighted by Crippen LogP contribution is 2.29. The molecule has 1 rings (SSSR count). The van der Waals surface area contributed by atoms with Crippen molar-refractivity contribution in [3.05, 3.63) is 27.2 Å². The molecular weight excluding hydrogens is 308 g/mol. The second kappa shape index (κ2) is 5.84. The van der Waals surface area contributed by atoms with Crippen LogP contribution in [0.1, 0.15) is 19.4 Å². The second-order valence-corrected chi connectivity index (χ2v) is 5.50. The zero-order valence-corrected chi connectivity index (χ0v) is 12.6. The van der Waals surface area contributed by atoms with Crippen LogP contribution in [0.15, 0.2) is 16.6 Å². The van der Waals surface area contributed by atoms with Crippen LogP contribution in [0.2, 0.25) is 5.02 Å². The first-order valence-electron chi connectivity index (χ1n) is 4.93. The van der Waals surface area contributed by atoms with Gasteiger partial charge < -0.3 is 10.6 Å². The molecule has 1 aromatic carbocycles. The highest BCUT2D eigenvalue weighted by Gasteiger charge is 2.06. The molecule has 5 heteroatoms. The number of rotatable bonds is 2. The van der Waals surface area contributed by atoms with E-state index in [9.17, 15) is 0 Å². The van der Waals surface area contributed by atoms with Crippen molar-refractivity contribution in [1.82, 2.24) is 5.32 Å². The lowest BCUT2D eigenvalue weighted by Crippen LogP contribution is -2.34. The van der Waals surface area contributed by atoms with E-state index in [2.05, 4.69) is 26.6 Å². The lowest BCUT2D eigenvalue weighted by Gasteiger charge is -2.15.